The van der Waals surface area contributed by atoms with Crippen molar-refractivity contribution in [3.63, 3.8) is 0 Å². The fraction of sp³-hybridized carbons (Fsp3) is 0.500. The Hall–Kier alpha value is -2.18. The fourth-order valence-corrected chi connectivity index (χ4v) is 3.88. The molecule has 1 aromatic carbocycles. The number of benzene rings is 1. The standard InChI is InChI=1S/C20H27N3O3/c1-16-21-9-13-23(16)11-5-10-22-12-8-18(24)20(15-22,19(25)26)14-17-6-3-2-4-7-17/h2-4,6-7,9,13,18,24H,5,8,10-12,14-15H2,1H3,(H,25,26)/t18-,20-/m0/s1. The van der Waals surface area contributed by atoms with Crippen LogP contribution in [-0.2, 0) is 17.8 Å². The molecular weight excluding hydrogens is 330 g/mol. The maximum absolute atomic E-state index is 12.1. The van der Waals surface area contributed by atoms with Crippen LogP contribution in [0.3, 0.4) is 0 Å². The molecule has 0 bridgehead atoms. The van der Waals surface area contributed by atoms with Crippen LogP contribution in [0.5, 0.6) is 0 Å². The van der Waals surface area contributed by atoms with E-state index in [0.29, 0.717) is 19.4 Å². The number of carboxylic acid groups (broad SMARTS) is 1. The van der Waals surface area contributed by atoms with Crippen LogP contribution in [0.25, 0.3) is 0 Å². The minimum Gasteiger partial charge on any atom is -0.481 e. The molecule has 26 heavy (non-hydrogen) atoms. The Morgan fingerprint density at radius 1 is 1.31 bits per heavy atom. The molecule has 1 aromatic heterocycles. The largest absolute Gasteiger partial charge is 0.481 e. The number of imidazole rings is 1. The summed E-state index contributed by atoms with van der Waals surface area (Å²) in [7, 11) is 0. The zero-order chi connectivity index (χ0) is 18.6. The van der Waals surface area contributed by atoms with Crippen molar-refractivity contribution in [1.29, 1.82) is 0 Å². The molecule has 2 heterocycles. The van der Waals surface area contributed by atoms with Gasteiger partial charge in [-0.2, -0.15) is 0 Å². The van der Waals surface area contributed by atoms with Gasteiger partial charge in [0.2, 0.25) is 0 Å². The summed E-state index contributed by atoms with van der Waals surface area (Å²) in [5, 5.41) is 20.5. The van der Waals surface area contributed by atoms with Crippen molar-refractivity contribution in [2.45, 2.75) is 38.8 Å². The van der Waals surface area contributed by atoms with Crippen LogP contribution in [-0.4, -0.2) is 56.4 Å². The van der Waals surface area contributed by atoms with Crippen LogP contribution in [0.15, 0.2) is 42.7 Å². The van der Waals surface area contributed by atoms with E-state index in [1.807, 2.05) is 43.5 Å². The monoisotopic (exact) mass is 357 g/mol. The first-order valence-corrected chi connectivity index (χ1v) is 9.17. The lowest BCUT2D eigenvalue weighted by Gasteiger charge is -2.43. The van der Waals surface area contributed by atoms with Gasteiger partial charge in [0.1, 0.15) is 11.2 Å². The molecule has 1 fully saturated rings. The predicted molar refractivity (Wildman–Crippen MR) is 98.9 cm³/mol. The zero-order valence-corrected chi connectivity index (χ0v) is 15.2. The Bertz CT molecular complexity index is 731. The highest BCUT2D eigenvalue weighted by Crippen LogP contribution is 2.34. The van der Waals surface area contributed by atoms with Gasteiger partial charge in [-0.15, -0.1) is 0 Å². The molecule has 2 atom stereocenters. The van der Waals surface area contributed by atoms with Gasteiger partial charge in [0.25, 0.3) is 0 Å². The highest BCUT2D eigenvalue weighted by molar-refractivity contribution is 5.76. The molecule has 0 amide bonds. The third-order valence-corrected chi connectivity index (χ3v) is 5.45. The van der Waals surface area contributed by atoms with Crippen molar-refractivity contribution in [3.8, 4) is 0 Å². The summed E-state index contributed by atoms with van der Waals surface area (Å²) in [6.45, 7) is 4.76. The molecule has 2 N–H and O–H groups in total. The van der Waals surface area contributed by atoms with Crippen LogP contribution in [0.1, 0.15) is 24.2 Å². The van der Waals surface area contributed by atoms with Gasteiger partial charge in [-0.3, -0.25) is 4.79 Å². The number of piperidine rings is 1. The smallest absolute Gasteiger partial charge is 0.313 e. The molecule has 140 valence electrons. The van der Waals surface area contributed by atoms with Crippen molar-refractivity contribution in [2.24, 2.45) is 5.41 Å². The Morgan fingerprint density at radius 2 is 2.08 bits per heavy atom. The van der Waals surface area contributed by atoms with Gasteiger partial charge in [0, 0.05) is 32.0 Å². The number of aliphatic carboxylic acids is 1. The molecule has 6 heteroatoms. The van der Waals surface area contributed by atoms with E-state index in [-0.39, 0.29) is 0 Å². The van der Waals surface area contributed by atoms with Crippen molar-refractivity contribution in [1.82, 2.24) is 14.5 Å². The summed E-state index contributed by atoms with van der Waals surface area (Å²) in [4.78, 5) is 18.5. The summed E-state index contributed by atoms with van der Waals surface area (Å²) in [5.41, 5.74) is -0.199. The van der Waals surface area contributed by atoms with Gasteiger partial charge in [-0.25, -0.2) is 4.98 Å². The molecule has 6 nitrogen and oxygen atoms in total. The van der Waals surface area contributed by atoms with Gasteiger partial charge < -0.3 is 19.7 Å². The lowest BCUT2D eigenvalue weighted by molar-refractivity contribution is -0.163. The number of aryl methyl sites for hydroxylation is 2. The molecule has 1 saturated heterocycles. The first-order valence-electron chi connectivity index (χ1n) is 9.17. The van der Waals surface area contributed by atoms with Gasteiger partial charge in [0.15, 0.2) is 0 Å². The molecule has 1 aliphatic rings. The van der Waals surface area contributed by atoms with Crippen molar-refractivity contribution >= 4 is 5.97 Å². The van der Waals surface area contributed by atoms with Crippen molar-refractivity contribution in [2.75, 3.05) is 19.6 Å². The quantitative estimate of drug-likeness (QED) is 0.792. The molecule has 1 aliphatic heterocycles. The van der Waals surface area contributed by atoms with Gasteiger partial charge >= 0.3 is 5.97 Å². The van der Waals surface area contributed by atoms with Crippen LogP contribution in [0.2, 0.25) is 0 Å². The minimum absolute atomic E-state index is 0.349. The molecule has 3 rings (SSSR count). The van der Waals surface area contributed by atoms with Crippen LogP contribution >= 0.6 is 0 Å². The zero-order valence-electron chi connectivity index (χ0n) is 15.2. The van der Waals surface area contributed by atoms with E-state index >= 15 is 0 Å². The Balaban J connectivity index is 1.66. The predicted octanol–water partition coefficient (Wildman–Crippen LogP) is 1.96. The molecule has 0 unspecified atom stereocenters. The average molecular weight is 357 g/mol. The first-order chi connectivity index (χ1) is 12.5. The number of carboxylic acids is 1. The summed E-state index contributed by atoms with van der Waals surface area (Å²) in [6.07, 6.45) is 4.69. The highest BCUT2D eigenvalue weighted by atomic mass is 16.4. The van der Waals surface area contributed by atoms with E-state index in [4.69, 9.17) is 0 Å². The summed E-state index contributed by atoms with van der Waals surface area (Å²) in [5.74, 6) is 0.0760. The Kier molecular flexibility index (Phi) is 5.74. The lowest BCUT2D eigenvalue weighted by atomic mass is 9.73. The second-order valence-corrected chi connectivity index (χ2v) is 7.23. The van der Waals surface area contributed by atoms with E-state index in [9.17, 15) is 15.0 Å². The number of hydrogen-bond acceptors (Lipinski definition) is 4. The van der Waals surface area contributed by atoms with E-state index in [1.165, 1.54) is 0 Å². The Labute approximate surface area is 154 Å². The number of aliphatic hydroxyl groups is 1. The molecule has 0 radical (unpaired) electrons. The van der Waals surface area contributed by atoms with E-state index in [0.717, 1.165) is 37.4 Å². The maximum atomic E-state index is 12.1. The highest BCUT2D eigenvalue weighted by Gasteiger charge is 2.49. The Morgan fingerprint density at radius 3 is 2.73 bits per heavy atom. The molecule has 0 aliphatic carbocycles. The summed E-state index contributed by atoms with van der Waals surface area (Å²) < 4.78 is 2.10. The third kappa shape index (κ3) is 3.97. The molecule has 2 aromatic rings. The maximum Gasteiger partial charge on any atom is 0.313 e. The average Bonchev–Trinajstić information content (AvgIpc) is 3.03. The minimum atomic E-state index is -1.15. The van der Waals surface area contributed by atoms with E-state index in [1.54, 1.807) is 6.20 Å². The van der Waals surface area contributed by atoms with Gasteiger partial charge in [-0.1, -0.05) is 30.3 Å². The number of likely N-dealkylation sites (tertiary alicyclic amines) is 1. The second kappa shape index (κ2) is 8.01. The van der Waals surface area contributed by atoms with Crippen molar-refractivity contribution < 1.29 is 15.0 Å². The normalized spacial score (nSPS) is 23.8. The first kappa shape index (κ1) is 18.6. The summed E-state index contributed by atoms with van der Waals surface area (Å²) in [6, 6.07) is 9.59. The van der Waals surface area contributed by atoms with Crippen LogP contribution < -0.4 is 0 Å². The van der Waals surface area contributed by atoms with E-state index < -0.39 is 17.5 Å². The number of rotatable bonds is 7. The number of aromatic nitrogens is 2. The topological polar surface area (TPSA) is 78.6 Å². The fourth-order valence-electron chi connectivity index (χ4n) is 3.88. The third-order valence-electron chi connectivity index (χ3n) is 5.45. The second-order valence-electron chi connectivity index (χ2n) is 7.23. The lowest BCUT2D eigenvalue weighted by Crippen LogP contribution is -2.57. The molecule has 0 spiro atoms. The van der Waals surface area contributed by atoms with Gasteiger partial charge in [0.05, 0.1) is 6.10 Å². The van der Waals surface area contributed by atoms with Crippen molar-refractivity contribution in [3.05, 3.63) is 54.1 Å². The number of nitrogens with zero attached hydrogens (tertiary/aromatic N) is 3. The number of carbonyl (C=O) groups is 1. The summed E-state index contributed by atoms with van der Waals surface area (Å²) >= 11 is 0. The van der Waals surface area contributed by atoms with Crippen LogP contribution in [0, 0.1) is 12.3 Å². The number of aliphatic hydroxyl groups excluding tert-OH is 1. The molecular formula is C20H27N3O3. The van der Waals surface area contributed by atoms with Crippen LogP contribution in [0.4, 0.5) is 0 Å². The van der Waals surface area contributed by atoms with Gasteiger partial charge in [-0.05, 0) is 38.3 Å². The van der Waals surface area contributed by atoms with E-state index in [2.05, 4.69) is 14.5 Å². The molecule has 0 saturated carbocycles. The number of hydrogen-bond donors (Lipinski definition) is 2. The SMILES string of the molecule is Cc1nccn1CCCN1CC[C@H](O)[C@@](Cc2ccccc2)(C(=O)O)C1.